The Balaban J connectivity index is 0.000000132. The minimum Gasteiger partial charge on any atom is -0.423 e. The lowest BCUT2D eigenvalue weighted by atomic mass is 9.80. The van der Waals surface area contributed by atoms with Crippen LogP contribution in [0.2, 0.25) is 0 Å². The van der Waals surface area contributed by atoms with Crippen LogP contribution in [0.4, 0.5) is 11.4 Å². The quantitative estimate of drug-likeness (QED) is 0.122. The molecule has 0 bridgehead atoms. The van der Waals surface area contributed by atoms with Gasteiger partial charge in [0.15, 0.2) is 0 Å². The van der Waals surface area contributed by atoms with Gasteiger partial charge in [-0.15, -0.1) is 20.4 Å². The van der Waals surface area contributed by atoms with Gasteiger partial charge in [0.25, 0.3) is 11.8 Å². The highest BCUT2D eigenvalue weighted by molar-refractivity contribution is 9.10. The first-order valence-corrected chi connectivity index (χ1v) is 22.9. The maximum Gasteiger partial charge on any atom is 0.496 e. The molecule has 11 rings (SSSR count). The molecule has 342 valence electrons. The number of benzene rings is 2. The van der Waals surface area contributed by atoms with E-state index in [1.54, 1.807) is 60.9 Å². The Morgan fingerprint density at radius 1 is 0.588 bits per heavy atom. The molecule has 6 aromatic heterocycles. The molecule has 3 fully saturated rings. The lowest BCUT2D eigenvalue weighted by Crippen LogP contribution is -2.41. The van der Waals surface area contributed by atoms with E-state index in [0.717, 1.165) is 37.9 Å². The summed E-state index contributed by atoms with van der Waals surface area (Å²) in [6.07, 6.45) is 14.5. The molecule has 1 saturated heterocycles. The van der Waals surface area contributed by atoms with Crippen molar-refractivity contribution >= 4 is 51.7 Å². The van der Waals surface area contributed by atoms with E-state index in [1.807, 2.05) is 42.7 Å². The van der Waals surface area contributed by atoms with E-state index in [-0.39, 0.29) is 30.1 Å². The van der Waals surface area contributed by atoms with Crippen LogP contribution < -0.4 is 16.1 Å². The zero-order chi connectivity index (χ0) is 47.3. The summed E-state index contributed by atoms with van der Waals surface area (Å²) < 4.78 is 23.1. The molecule has 68 heavy (non-hydrogen) atoms. The van der Waals surface area contributed by atoms with Crippen LogP contribution in [0.5, 0.6) is 0 Å². The predicted octanol–water partition coefficient (Wildman–Crippen LogP) is 9.73. The zero-order valence-corrected chi connectivity index (χ0v) is 39.3. The maximum absolute atomic E-state index is 12.7. The van der Waals surface area contributed by atoms with Crippen molar-refractivity contribution in [3.63, 3.8) is 0 Å². The molecule has 8 aromatic rings. The normalized spacial score (nSPS) is 15.6. The van der Waals surface area contributed by atoms with Crippen LogP contribution in [0, 0.1) is 0 Å². The average molecular weight is 974 g/mol. The molecule has 0 spiro atoms. The van der Waals surface area contributed by atoms with Gasteiger partial charge in [-0.25, -0.2) is 0 Å². The topological polar surface area (TPSA) is 206 Å². The van der Waals surface area contributed by atoms with Crippen molar-refractivity contribution in [3.8, 4) is 34.0 Å². The Morgan fingerprint density at radius 2 is 1.12 bits per heavy atom. The van der Waals surface area contributed by atoms with E-state index in [4.69, 9.17) is 18.1 Å². The minimum absolute atomic E-state index is 0.285. The van der Waals surface area contributed by atoms with Gasteiger partial charge in [-0.2, -0.15) is 0 Å². The molecule has 0 atom stereocenters. The predicted molar refractivity (Wildman–Crippen MR) is 259 cm³/mol. The summed E-state index contributed by atoms with van der Waals surface area (Å²) in [5.41, 5.74) is 8.01. The Labute approximate surface area is 401 Å². The standard InChI is InChI=1S/C22H17N5O2.C14H20BNO2.C14H9BrN4O2/c28-21(26-18-3-1-2-16(10-18)22-27-25-13-29-22)20-11-15(8-9-23-20)17-6-7-19(24-12-17)14-4-5-14;1-13(2)14(3,4)18-15(17-13)11-7-8-12(16-9-11)10-5-6-10;15-10-4-5-16-12(7-10)13(20)18-11-3-1-2-9(6-11)14-19-17-8-21-14/h1-3,6-14H,4-5H2,(H,26,28);7-10H,5-6H2,1-4H3;1-8H,(H,18,20). The van der Waals surface area contributed by atoms with Gasteiger partial charge in [-0.3, -0.25) is 29.5 Å². The number of anilines is 2. The molecule has 2 N–H and O–H groups in total. The van der Waals surface area contributed by atoms with E-state index in [2.05, 4.69) is 113 Å². The van der Waals surface area contributed by atoms with Crippen LogP contribution >= 0.6 is 15.9 Å². The van der Waals surface area contributed by atoms with Gasteiger partial charge in [-0.05, 0) is 132 Å². The van der Waals surface area contributed by atoms with Crippen molar-refractivity contribution in [1.82, 2.24) is 40.3 Å². The molecule has 1 aliphatic heterocycles. The van der Waals surface area contributed by atoms with Crippen molar-refractivity contribution in [2.45, 2.75) is 76.4 Å². The zero-order valence-electron chi connectivity index (χ0n) is 37.7. The van der Waals surface area contributed by atoms with Crippen LogP contribution in [0.15, 0.2) is 148 Å². The molecule has 3 aliphatic rings. The largest absolute Gasteiger partial charge is 0.496 e. The van der Waals surface area contributed by atoms with Crippen molar-refractivity contribution in [2.24, 2.45) is 0 Å². The lowest BCUT2D eigenvalue weighted by Gasteiger charge is -2.32. The van der Waals surface area contributed by atoms with Crippen molar-refractivity contribution in [2.75, 3.05) is 10.6 Å². The van der Waals surface area contributed by atoms with Gasteiger partial charge in [-0.1, -0.05) is 40.2 Å². The number of hydrogen-bond acceptors (Lipinski definition) is 14. The van der Waals surface area contributed by atoms with Crippen LogP contribution in [0.1, 0.15) is 97.6 Å². The second kappa shape index (κ2) is 19.9. The molecule has 2 saturated carbocycles. The van der Waals surface area contributed by atoms with Gasteiger partial charge >= 0.3 is 7.12 Å². The molecule has 2 aliphatic carbocycles. The highest BCUT2D eigenvalue weighted by atomic mass is 79.9. The Hall–Kier alpha value is -7.28. The van der Waals surface area contributed by atoms with Crippen LogP contribution in [-0.4, -0.2) is 70.5 Å². The van der Waals surface area contributed by atoms with Crippen molar-refractivity contribution in [1.29, 1.82) is 0 Å². The molecular formula is C50H46BBrN10O6. The number of aromatic nitrogens is 8. The van der Waals surface area contributed by atoms with E-state index >= 15 is 0 Å². The molecule has 2 amide bonds. The minimum atomic E-state index is -0.296. The van der Waals surface area contributed by atoms with Gasteiger partial charge in [0.2, 0.25) is 24.6 Å². The highest BCUT2D eigenvalue weighted by Gasteiger charge is 2.51. The molecule has 7 heterocycles. The first-order valence-electron chi connectivity index (χ1n) is 22.1. The molecular weight excluding hydrogens is 927 g/mol. The first kappa shape index (κ1) is 45.9. The summed E-state index contributed by atoms with van der Waals surface area (Å²) in [4.78, 5) is 42.1. The van der Waals surface area contributed by atoms with Crippen molar-refractivity contribution in [3.05, 3.63) is 162 Å². The van der Waals surface area contributed by atoms with E-state index < -0.39 is 0 Å². The number of halogens is 1. The number of rotatable bonds is 10. The summed E-state index contributed by atoms with van der Waals surface area (Å²) in [7, 11) is -0.296. The number of nitrogens with one attached hydrogen (secondary N) is 2. The third-order valence-corrected chi connectivity index (χ3v) is 12.3. The van der Waals surface area contributed by atoms with E-state index in [0.29, 0.717) is 46.4 Å². The number of nitrogens with zero attached hydrogens (tertiary/aromatic N) is 8. The van der Waals surface area contributed by atoms with Gasteiger partial charge in [0.05, 0.1) is 11.2 Å². The fourth-order valence-electron chi connectivity index (χ4n) is 7.06. The number of pyridine rings is 4. The van der Waals surface area contributed by atoms with Gasteiger partial charge in [0, 0.05) is 86.0 Å². The third kappa shape index (κ3) is 11.3. The number of carbonyl (C=O) groups is 2. The monoisotopic (exact) mass is 972 g/mol. The summed E-state index contributed by atoms with van der Waals surface area (Å²) in [6.45, 7) is 8.27. The van der Waals surface area contributed by atoms with Crippen molar-refractivity contribution < 1.29 is 27.7 Å². The summed E-state index contributed by atoms with van der Waals surface area (Å²) >= 11 is 3.31. The smallest absolute Gasteiger partial charge is 0.423 e. The van der Waals surface area contributed by atoms with Crippen LogP contribution in [0.3, 0.4) is 0 Å². The second-order valence-corrected chi connectivity index (χ2v) is 18.4. The molecule has 0 unspecified atom stereocenters. The fraction of sp³-hybridized carbons (Fsp3) is 0.240. The SMILES string of the molecule is CC1(C)OB(c2ccc(C3CC3)nc2)OC1(C)C.O=C(Nc1cccc(-c2nnco2)c1)c1cc(-c2ccc(C3CC3)nc2)ccn1.O=C(Nc1cccc(-c2nnco2)c1)c1cc(Br)ccn1. The summed E-state index contributed by atoms with van der Waals surface area (Å²) in [5.74, 6) is 1.51. The average Bonchev–Trinajstić information content (AvgIpc) is 4.24. The van der Waals surface area contributed by atoms with Gasteiger partial charge in [0.1, 0.15) is 11.4 Å². The first-order chi connectivity index (χ1) is 32.9. The summed E-state index contributed by atoms with van der Waals surface area (Å²) in [6, 6.07) is 29.7. The number of amides is 2. The molecule has 16 nitrogen and oxygen atoms in total. The number of carbonyl (C=O) groups excluding carboxylic acids is 2. The Bertz CT molecular complexity index is 2990. The number of hydrogen-bond donors (Lipinski definition) is 2. The summed E-state index contributed by atoms with van der Waals surface area (Å²) in [5, 5.41) is 20.7. The fourth-order valence-corrected chi connectivity index (χ4v) is 7.40. The van der Waals surface area contributed by atoms with E-state index in [1.165, 1.54) is 44.2 Å². The van der Waals surface area contributed by atoms with Gasteiger partial charge < -0.3 is 28.8 Å². The maximum atomic E-state index is 12.7. The lowest BCUT2D eigenvalue weighted by molar-refractivity contribution is 0.00578. The Kier molecular flexibility index (Phi) is 13.4. The van der Waals surface area contributed by atoms with E-state index in [9.17, 15) is 9.59 Å². The third-order valence-electron chi connectivity index (χ3n) is 11.8. The van der Waals surface area contributed by atoms with Crippen LogP contribution in [-0.2, 0) is 9.31 Å². The molecule has 0 radical (unpaired) electrons. The van der Waals surface area contributed by atoms with Crippen LogP contribution in [0.25, 0.3) is 34.0 Å². The molecule has 2 aromatic carbocycles. The Morgan fingerprint density at radius 3 is 1.59 bits per heavy atom. The molecule has 18 heteroatoms. The second-order valence-electron chi connectivity index (χ2n) is 17.5. The highest BCUT2D eigenvalue weighted by Crippen LogP contribution is 2.40.